The number of likely N-dealkylation sites (tertiary alicyclic amines) is 1. The minimum atomic E-state index is -0.571. The number of benzene rings is 2. The molecule has 2 N–H and O–H groups in total. The zero-order valence-corrected chi connectivity index (χ0v) is 23.6. The third-order valence-corrected chi connectivity index (χ3v) is 7.40. The molecule has 1 fully saturated rings. The first-order chi connectivity index (χ1) is 18.4. The average molecular weight is 580 g/mol. The number of aliphatic hydroxyl groups is 1. The van der Waals surface area contributed by atoms with Crippen molar-refractivity contribution in [3.8, 4) is 24.0 Å². The molecule has 2 heterocycles. The van der Waals surface area contributed by atoms with E-state index in [0.29, 0.717) is 34.6 Å². The lowest BCUT2D eigenvalue weighted by Crippen LogP contribution is -2.38. The highest BCUT2D eigenvalue weighted by atomic mass is 79.9. The van der Waals surface area contributed by atoms with E-state index in [1.165, 1.54) is 29.5 Å². The normalized spacial score (nSPS) is 16.1. The molecule has 1 aromatic heterocycles. The molecule has 1 aliphatic heterocycles. The van der Waals surface area contributed by atoms with Gasteiger partial charge in [0.05, 0.1) is 10.7 Å². The maximum atomic E-state index is 10.8. The number of aromatic nitrogens is 2. The SMILES string of the molecule is C#CCOc1nc(Nc2cccc(OCC(O)CN3CCCC3CCc3c(C)cccc3C)c2)ncc1Br. The van der Waals surface area contributed by atoms with Crippen LogP contribution in [-0.4, -0.2) is 58.4 Å². The highest BCUT2D eigenvalue weighted by Crippen LogP contribution is 2.26. The minimum Gasteiger partial charge on any atom is -0.491 e. The molecule has 38 heavy (non-hydrogen) atoms. The molecule has 0 bridgehead atoms. The van der Waals surface area contributed by atoms with Crippen LogP contribution in [0.3, 0.4) is 0 Å². The van der Waals surface area contributed by atoms with E-state index in [4.69, 9.17) is 15.9 Å². The summed E-state index contributed by atoms with van der Waals surface area (Å²) in [6.45, 7) is 6.36. The van der Waals surface area contributed by atoms with Crippen molar-refractivity contribution in [1.82, 2.24) is 14.9 Å². The van der Waals surface area contributed by atoms with Crippen molar-refractivity contribution < 1.29 is 14.6 Å². The van der Waals surface area contributed by atoms with Crippen LogP contribution < -0.4 is 14.8 Å². The summed E-state index contributed by atoms with van der Waals surface area (Å²) >= 11 is 3.36. The molecule has 0 radical (unpaired) electrons. The van der Waals surface area contributed by atoms with Crippen LogP contribution in [0.1, 0.15) is 36.0 Å². The summed E-state index contributed by atoms with van der Waals surface area (Å²) in [5.41, 5.74) is 4.95. The van der Waals surface area contributed by atoms with E-state index >= 15 is 0 Å². The van der Waals surface area contributed by atoms with Crippen LogP contribution in [0.4, 0.5) is 11.6 Å². The van der Waals surface area contributed by atoms with Gasteiger partial charge in [0.2, 0.25) is 11.8 Å². The number of nitrogens with one attached hydrogen (secondary N) is 1. The highest BCUT2D eigenvalue weighted by Gasteiger charge is 2.26. The molecule has 0 amide bonds. The fourth-order valence-corrected chi connectivity index (χ4v) is 5.25. The Morgan fingerprint density at radius 2 is 2.00 bits per heavy atom. The number of hydrogen-bond acceptors (Lipinski definition) is 7. The molecule has 8 heteroatoms. The maximum absolute atomic E-state index is 10.8. The summed E-state index contributed by atoms with van der Waals surface area (Å²) < 4.78 is 12.0. The third-order valence-electron chi connectivity index (χ3n) is 6.85. The predicted molar refractivity (Wildman–Crippen MR) is 154 cm³/mol. The Hall–Kier alpha value is -3.12. The van der Waals surface area contributed by atoms with Gasteiger partial charge in [-0.15, -0.1) is 6.42 Å². The number of ether oxygens (including phenoxy) is 2. The van der Waals surface area contributed by atoms with E-state index in [2.05, 4.69) is 74.1 Å². The zero-order chi connectivity index (χ0) is 26.9. The number of halogens is 1. The van der Waals surface area contributed by atoms with Crippen LogP contribution >= 0.6 is 15.9 Å². The number of hydrogen-bond donors (Lipinski definition) is 2. The van der Waals surface area contributed by atoms with Gasteiger partial charge in [0.1, 0.15) is 18.5 Å². The van der Waals surface area contributed by atoms with E-state index < -0.39 is 6.10 Å². The quantitative estimate of drug-likeness (QED) is 0.277. The first kappa shape index (κ1) is 27.9. The average Bonchev–Trinajstić information content (AvgIpc) is 3.34. The van der Waals surface area contributed by atoms with Gasteiger partial charge in [-0.2, -0.15) is 4.98 Å². The smallest absolute Gasteiger partial charge is 0.233 e. The fraction of sp³-hybridized carbons (Fsp3) is 0.400. The zero-order valence-electron chi connectivity index (χ0n) is 22.0. The summed E-state index contributed by atoms with van der Waals surface area (Å²) in [5, 5.41) is 13.9. The van der Waals surface area contributed by atoms with Crippen molar-refractivity contribution in [2.75, 3.05) is 31.6 Å². The molecule has 1 saturated heterocycles. The second-order valence-corrected chi connectivity index (χ2v) is 10.5. The van der Waals surface area contributed by atoms with E-state index in [9.17, 15) is 5.11 Å². The lowest BCUT2D eigenvalue weighted by molar-refractivity contribution is 0.0628. The molecule has 2 unspecified atom stereocenters. The first-order valence-electron chi connectivity index (χ1n) is 13.0. The molecule has 7 nitrogen and oxygen atoms in total. The Bertz CT molecular complexity index is 1240. The third kappa shape index (κ3) is 7.70. The summed E-state index contributed by atoms with van der Waals surface area (Å²) in [6, 6.07) is 14.5. The standard InChI is InChI=1S/C30H35BrN4O3/c1-4-16-37-29-28(31)18-32-30(34-29)33-23-10-6-12-26(17-23)38-20-25(36)19-35-15-7-11-24(35)13-14-27-21(2)8-5-9-22(27)3/h1,5-6,8-10,12,17-18,24-25,36H,7,11,13-16,19-20H2,2-3H3,(H,32,33,34). The van der Waals surface area contributed by atoms with Gasteiger partial charge in [0, 0.05) is 24.3 Å². The van der Waals surface area contributed by atoms with Gasteiger partial charge in [0.15, 0.2) is 6.61 Å². The highest BCUT2D eigenvalue weighted by molar-refractivity contribution is 9.10. The lowest BCUT2D eigenvalue weighted by atomic mass is 9.96. The Labute approximate surface area is 233 Å². The monoisotopic (exact) mass is 578 g/mol. The van der Waals surface area contributed by atoms with Crippen molar-refractivity contribution in [1.29, 1.82) is 0 Å². The molecule has 200 valence electrons. The van der Waals surface area contributed by atoms with Crippen molar-refractivity contribution >= 4 is 27.6 Å². The first-order valence-corrected chi connectivity index (χ1v) is 13.8. The minimum absolute atomic E-state index is 0.116. The number of β-amino-alcohol motifs (C(OH)–C–C–N with tert-alkyl or cyclic N) is 1. The molecule has 2 atom stereocenters. The summed E-state index contributed by atoms with van der Waals surface area (Å²) in [5.74, 6) is 3.82. The Morgan fingerprint density at radius 1 is 1.21 bits per heavy atom. The molecule has 3 aromatic rings. The number of aryl methyl sites for hydroxylation is 2. The predicted octanol–water partition coefficient (Wildman–Crippen LogP) is 5.45. The second-order valence-electron chi connectivity index (χ2n) is 9.66. The van der Waals surface area contributed by atoms with Crippen LogP contribution in [0.2, 0.25) is 0 Å². The molecule has 0 spiro atoms. The van der Waals surface area contributed by atoms with Gasteiger partial charge in [-0.3, -0.25) is 4.90 Å². The topological polar surface area (TPSA) is 79.7 Å². The number of anilines is 2. The van der Waals surface area contributed by atoms with Gasteiger partial charge >= 0.3 is 0 Å². The molecule has 1 aliphatic rings. The maximum Gasteiger partial charge on any atom is 0.233 e. The molecule has 2 aromatic carbocycles. The van der Waals surface area contributed by atoms with Crippen LogP contribution in [0.5, 0.6) is 11.6 Å². The van der Waals surface area contributed by atoms with Crippen LogP contribution in [0.25, 0.3) is 0 Å². The molecule has 0 saturated carbocycles. The Morgan fingerprint density at radius 3 is 2.79 bits per heavy atom. The lowest BCUT2D eigenvalue weighted by Gasteiger charge is -2.27. The van der Waals surface area contributed by atoms with Gasteiger partial charge in [-0.1, -0.05) is 30.2 Å². The molecular formula is C30H35BrN4O3. The molecule has 4 rings (SSSR count). The van der Waals surface area contributed by atoms with Gasteiger partial charge in [-0.05, 0) is 90.8 Å². The van der Waals surface area contributed by atoms with Crippen LogP contribution in [-0.2, 0) is 6.42 Å². The number of nitrogens with zero attached hydrogens (tertiary/aromatic N) is 3. The summed E-state index contributed by atoms with van der Waals surface area (Å²) in [7, 11) is 0. The van der Waals surface area contributed by atoms with Crippen LogP contribution in [0, 0.1) is 26.2 Å². The number of terminal acetylenes is 1. The largest absolute Gasteiger partial charge is 0.491 e. The molecule has 0 aliphatic carbocycles. The van der Waals surface area contributed by atoms with Gasteiger partial charge in [0.25, 0.3) is 0 Å². The molecular weight excluding hydrogens is 544 g/mol. The fourth-order valence-electron chi connectivity index (χ4n) is 4.95. The van der Waals surface area contributed by atoms with E-state index in [-0.39, 0.29) is 13.2 Å². The van der Waals surface area contributed by atoms with Crippen molar-refractivity contribution in [2.24, 2.45) is 0 Å². The Balaban J connectivity index is 1.28. The van der Waals surface area contributed by atoms with Crippen LogP contribution in [0.15, 0.2) is 53.1 Å². The Kier molecular flexibility index (Phi) is 9.99. The van der Waals surface area contributed by atoms with Crippen molar-refractivity contribution in [3.63, 3.8) is 0 Å². The van der Waals surface area contributed by atoms with Crippen molar-refractivity contribution in [2.45, 2.75) is 51.7 Å². The second kappa shape index (κ2) is 13.6. The van der Waals surface area contributed by atoms with Gasteiger partial charge < -0.3 is 19.9 Å². The number of aliphatic hydroxyl groups excluding tert-OH is 1. The summed E-state index contributed by atoms with van der Waals surface area (Å²) in [6.07, 6.45) is 10.8. The summed E-state index contributed by atoms with van der Waals surface area (Å²) in [4.78, 5) is 11.0. The van der Waals surface area contributed by atoms with Crippen molar-refractivity contribution in [3.05, 3.63) is 69.8 Å². The van der Waals surface area contributed by atoms with E-state index in [1.807, 2.05) is 24.3 Å². The van der Waals surface area contributed by atoms with E-state index in [0.717, 1.165) is 25.1 Å². The van der Waals surface area contributed by atoms with E-state index in [1.54, 1.807) is 6.20 Å². The number of rotatable bonds is 12. The van der Waals surface area contributed by atoms with Gasteiger partial charge in [-0.25, -0.2) is 4.98 Å².